The minimum Gasteiger partial charge on any atom is -0.476 e. The van der Waals surface area contributed by atoms with Gasteiger partial charge in [0.05, 0.1) is 20.9 Å². The topological polar surface area (TPSA) is 55.1 Å². The van der Waals surface area contributed by atoms with Crippen LogP contribution >= 0.6 is 27.5 Å². The van der Waals surface area contributed by atoms with Crippen molar-refractivity contribution in [2.45, 2.75) is 26.2 Å². The number of carbonyl (C=O) groups is 1. The Morgan fingerprint density at radius 1 is 1.35 bits per heavy atom. The van der Waals surface area contributed by atoms with Crippen molar-refractivity contribution in [3.63, 3.8) is 0 Å². The molecule has 1 N–H and O–H groups in total. The van der Waals surface area contributed by atoms with Gasteiger partial charge in [0, 0.05) is 5.41 Å². The summed E-state index contributed by atoms with van der Waals surface area (Å²) in [5, 5.41) is 14.0. The molecule has 0 saturated carbocycles. The van der Waals surface area contributed by atoms with Gasteiger partial charge in [0.25, 0.3) is 0 Å². The zero-order valence-corrected chi connectivity index (χ0v) is 13.7. The largest absolute Gasteiger partial charge is 0.476 e. The van der Waals surface area contributed by atoms with Crippen LogP contribution in [0.4, 0.5) is 0 Å². The predicted octanol–water partition coefficient (Wildman–Crippen LogP) is 4.28. The van der Waals surface area contributed by atoms with E-state index in [1.807, 2.05) is 39.0 Å². The molecular formula is C14H14BrClN2O2. The van der Waals surface area contributed by atoms with Gasteiger partial charge in [0.15, 0.2) is 5.69 Å². The van der Waals surface area contributed by atoms with Gasteiger partial charge in [-0.1, -0.05) is 44.5 Å². The Hall–Kier alpha value is -1.33. The first-order valence-electron chi connectivity index (χ1n) is 6.00. The summed E-state index contributed by atoms with van der Waals surface area (Å²) < 4.78 is 2.08. The van der Waals surface area contributed by atoms with Crippen LogP contribution in [0.25, 0.3) is 5.69 Å². The molecule has 1 heterocycles. The van der Waals surface area contributed by atoms with E-state index in [0.717, 1.165) is 5.69 Å². The Kier molecular flexibility index (Phi) is 3.93. The van der Waals surface area contributed by atoms with Crippen LogP contribution in [0, 0.1) is 0 Å². The van der Waals surface area contributed by atoms with E-state index in [1.54, 1.807) is 10.7 Å². The summed E-state index contributed by atoms with van der Waals surface area (Å²) >= 11 is 9.55. The molecule has 20 heavy (non-hydrogen) atoms. The Labute approximate surface area is 130 Å². The van der Waals surface area contributed by atoms with Gasteiger partial charge in [-0.3, -0.25) is 0 Å². The summed E-state index contributed by atoms with van der Waals surface area (Å²) in [6.45, 7) is 5.98. The number of carboxylic acid groups (broad SMARTS) is 1. The predicted molar refractivity (Wildman–Crippen MR) is 81.9 cm³/mol. The maximum absolute atomic E-state index is 11.3. The van der Waals surface area contributed by atoms with Crippen LogP contribution in [-0.4, -0.2) is 20.9 Å². The van der Waals surface area contributed by atoms with Gasteiger partial charge in [0.2, 0.25) is 0 Å². The summed E-state index contributed by atoms with van der Waals surface area (Å²) in [5.41, 5.74) is 1.11. The molecule has 0 aliphatic rings. The van der Waals surface area contributed by atoms with Crippen molar-refractivity contribution < 1.29 is 9.90 Å². The van der Waals surface area contributed by atoms with Crippen molar-refractivity contribution >= 4 is 33.5 Å². The molecule has 2 aromatic rings. The second-order valence-electron chi connectivity index (χ2n) is 5.43. The third-order valence-corrected chi connectivity index (χ3v) is 3.89. The van der Waals surface area contributed by atoms with Crippen LogP contribution in [0.2, 0.25) is 5.02 Å². The molecular weight excluding hydrogens is 344 g/mol. The molecule has 0 atom stereocenters. The second-order valence-corrected chi connectivity index (χ2v) is 6.63. The highest BCUT2D eigenvalue weighted by atomic mass is 79.9. The molecule has 0 saturated heterocycles. The van der Waals surface area contributed by atoms with Gasteiger partial charge < -0.3 is 5.11 Å². The SMILES string of the molecule is CC(C)(C)c1c(Br)c(C(=O)O)nn1-c1ccccc1Cl. The van der Waals surface area contributed by atoms with E-state index < -0.39 is 5.97 Å². The van der Waals surface area contributed by atoms with Crippen LogP contribution in [0.5, 0.6) is 0 Å². The van der Waals surface area contributed by atoms with Gasteiger partial charge in [0.1, 0.15) is 0 Å². The quantitative estimate of drug-likeness (QED) is 0.872. The number of carboxylic acids is 1. The minimum atomic E-state index is -1.08. The number of rotatable bonds is 2. The lowest BCUT2D eigenvalue weighted by molar-refractivity contribution is 0.0689. The standard InChI is InChI=1S/C14H14BrClN2O2/c1-14(2,3)12-10(15)11(13(19)20)17-18(12)9-7-5-4-6-8(9)16/h4-7H,1-3H3,(H,19,20). The molecule has 106 valence electrons. The van der Waals surface area contributed by atoms with Crippen molar-refractivity contribution in [2.75, 3.05) is 0 Å². The van der Waals surface area contributed by atoms with Gasteiger partial charge in [-0.15, -0.1) is 0 Å². The van der Waals surface area contributed by atoms with Gasteiger partial charge in [-0.2, -0.15) is 5.10 Å². The van der Waals surface area contributed by atoms with E-state index in [1.165, 1.54) is 0 Å². The summed E-state index contributed by atoms with van der Waals surface area (Å²) in [5.74, 6) is -1.08. The highest BCUT2D eigenvalue weighted by Gasteiger charge is 2.29. The van der Waals surface area contributed by atoms with E-state index >= 15 is 0 Å². The van der Waals surface area contributed by atoms with E-state index in [4.69, 9.17) is 11.6 Å². The third-order valence-electron chi connectivity index (χ3n) is 2.82. The van der Waals surface area contributed by atoms with Gasteiger partial charge >= 0.3 is 5.97 Å². The Bertz CT molecular complexity index is 674. The number of benzene rings is 1. The molecule has 4 nitrogen and oxygen atoms in total. The van der Waals surface area contributed by atoms with Crippen LogP contribution in [0.3, 0.4) is 0 Å². The van der Waals surface area contributed by atoms with Crippen molar-refractivity contribution in [2.24, 2.45) is 0 Å². The van der Waals surface area contributed by atoms with Gasteiger partial charge in [-0.05, 0) is 28.1 Å². The first-order chi connectivity index (χ1) is 9.23. The zero-order valence-electron chi connectivity index (χ0n) is 11.3. The van der Waals surface area contributed by atoms with Crippen molar-refractivity contribution in [1.82, 2.24) is 9.78 Å². The lowest BCUT2D eigenvalue weighted by Crippen LogP contribution is -2.18. The molecule has 0 fully saturated rings. The molecule has 1 aromatic carbocycles. The monoisotopic (exact) mass is 356 g/mol. The fourth-order valence-electron chi connectivity index (χ4n) is 1.98. The molecule has 1 aromatic heterocycles. The van der Waals surface area contributed by atoms with E-state index in [2.05, 4.69) is 21.0 Å². The summed E-state index contributed by atoms with van der Waals surface area (Å²) in [6.07, 6.45) is 0. The lowest BCUT2D eigenvalue weighted by Gasteiger charge is -2.21. The highest BCUT2D eigenvalue weighted by Crippen LogP contribution is 2.35. The molecule has 6 heteroatoms. The van der Waals surface area contributed by atoms with E-state index in [-0.39, 0.29) is 11.1 Å². The fourth-order valence-corrected chi connectivity index (χ4v) is 3.21. The Morgan fingerprint density at radius 2 is 1.95 bits per heavy atom. The maximum Gasteiger partial charge on any atom is 0.357 e. The van der Waals surface area contributed by atoms with Crippen molar-refractivity contribution in [1.29, 1.82) is 0 Å². The number of aromatic carboxylic acids is 1. The zero-order chi connectivity index (χ0) is 15.1. The smallest absolute Gasteiger partial charge is 0.357 e. The Morgan fingerprint density at radius 3 is 2.45 bits per heavy atom. The Balaban J connectivity index is 2.80. The molecule has 0 bridgehead atoms. The number of nitrogens with zero attached hydrogens (tertiary/aromatic N) is 2. The van der Waals surface area contributed by atoms with Crippen LogP contribution in [-0.2, 0) is 5.41 Å². The van der Waals surface area contributed by atoms with Crippen LogP contribution in [0.15, 0.2) is 28.7 Å². The van der Waals surface area contributed by atoms with Gasteiger partial charge in [-0.25, -0.2) is 9.48 Å². The highest BCUT2D eigenvalue weighted by molar-refractivity contribution is 9.10. The molecule has 2 rings (SSSR count). The molecule has 0 spiro atoms. The lowest BCUT2D eigenvalue weighted by atomic mass is 9.91. The number of aromatic nitrogens is 2. The molecule has 0 aliphatic carbocycles. The summed E-state index contributed by atoms with van der Waals surface area (Å²) in [4.78, 5) is 11.3. The first-order valence-corrected chi connectivity index (χ1v) is 7.17. The van der Waals surface area contributed by atoms with Crippen molar-refractivity contribution in [3.05, 3.63) is 45.1 Å². The fraction of sp³-hybridized carbons (Fsp3) is 0.286. The average Bonchev–Trinajstić information content (AvgIpc) is 2.67. The average molecular weight is 358 g/mol. The third kappa shape index (κ3) is 2.60. The van der Waals surface area contributed by atoms with Crippen LogP contribution < -0.4 is 0 Å². The molecule has 0 amide bonds. The number of halogens is 2. The van der Waals surface area contributed by atoms with E-state index in [9.17, 15) is 9.90 Å². The first kappa shape index (κ1) is 15.1. The van der Waals surface area contributed by atoms with Crippen molar-refractivity contribution in [3.8, 4) is 5.69 Å². The summed E-state index contributed by atoms with van der Waals surface area (Å²) in [6, 6.07) is 7.21. The maximum atomic E-state index is 11.3. The molecule has 0 unspecified atom stereocenters. The minimum absolute atomic E-state index is 0.0187. The second kappa shape index (κ2) is 5.22. The molecule has 0 aliphatic heterocycles. The number of hydrogen-bond donors (Lipinski definition) is 1. The summed E-state index contributed by atoms with van der Waals surface area (Å²) in [7, 11) is 0. The normalized spacial score (nSPS) is 11.7. The molecule has 0 radical (unpaired) electrons. The number of para-hydroxylation sites is 1. The van der Waals surface area contributed by atoms with Crippen LogP contribution in [0.1, 0.15) is 37.0 Å². The van der Waals surface area contributed by atoms with E-state index in [0.29, 0.717) is 15.2 Å². The number of hydrogen-bond acceptors (Lipinski definition) is 2.